The van der Waals surface area contributed by atoms with E-state index >= 15 is 0 Å². The molecule has 66 valence electrons. The van der Waals surface area contributed by atoms with E-state index in [1.165, 1.54) is 0 Å². The highest BCUT2D eigenvalue weighted by molar-refractivity contribution is 9.10. The van der Waals surface area contributed by atoms with E-state index in [1.54, 1.807) is 25.1 Å². The summed E-state index contributed by atoms with van der Waals surface area (Å²) in [6.45, 7) is 1.80. The Morgan fingerprint density at radius 3 is 2.83 bits per heavy atom. The summed E-state index contributed by atoms with van der Waals surface area (Å²) in [4.78, 5) is 0. The summed E-state index contributed by atoms with van der Waals surface area (Å²) >= 11 is 3.10. The van der Waals surface area contributed by atoms with E-state index in [2.05, 4.69) is 21.4 Å². The molecule has 0 aliphatic rings. The van der Waals surface area contributed by atoms with Gasteiger partial charge in [-0.1, -0.05) is 12.1 Å². The number of nitrogens with two attached hydrogens (primary N) is 1. The molecule has 1 unspecified atom stereocenters. The van der Waals surface area contributed by atoms with E-state index in [1.807, 2.05) is 0 Å². The van der Waals surface area contributed by atoms with Gasteiger partial charge in [0.2, 0.25) is 0 Å². The first-order valence-corrected chi connectivity index (χ1v) is 4.36. The van der Waals surface area contributed by atoms with E-state index in [0.717, 1.165) is 0 Å². The molecular weight excluding hydrogens is 223 g/mol. The molecule has 0 amide bonds. The lowest BCUT2D eigenvalue weighted by Crippen LogP contribution is -2.26. The molecule has 2 nitrogen and oxygen atoms in total. The first-order valence-electron chi connectivity index (χ1n) is 3.57. The van der Waals surface area contributed by atoms with Gasteiger partial charge in [0.05, 0.1) is 4.47 Å². The van der Waals surface area contributed by atoms with Crippen molar-refractivity contribution in [2.75, 3.05) is 0 Å². The summed E-state index contributed by atoms with van der Waals surface area (Å²) in [6, 6.07) is 4.95. The van der Waals surface area contributed by atoms with Crippen LogP contribution in [0.2, 0.25) is 0 Å². The zero-order valence-corrected chi connectivity index (χ0v) is 8.23. The van der Waals surface area contributed by atoms with Crippen molar-refractivity contribution in [1.82, 2.24) is 5.43 Å². The first kappa shape index (κ1) is 9.64. The highest BCUT2D eigenvalue weighted by Crippen LogP contribution is 2.22. The molecule has 1 rings (SSSR count). The minimum absolute atomic E-state index is 0.178. The van der Waals surface area contributed by atoms with Gasteiger partial charge >= 0.3 is 0 Å². The molecule has 1 aromatic carbocycles. The smallest absolute Gasteiger partial charge is 0.142 e. The number of hydrogen-bond donors (Lipinski definition) is 2. The average molecular weight is 233 g/mol. The van der Waals surface area contributed by atoms with Gasteiger partial charge in [-0.25, -0.2) is 4.39 Å². The quantitative estimate of drug-likeness (QED) is 0.606. The molecule has 0 spiro atoms. The highest BCUT2D eigenvalue weighted by Gasteiger charge is 2.10. The Labute approximate surface area is 79.1 Å². The van der Waals surface area contributed by atoms with Crippen molar-refractivity contribution in [3.05, 3.63) is 34.1 Å². The van der Waals surface area contributed by atoms with Crippen LogP contribution in [-0.2, 0) is 0 Å². The molecule has 0 saturated carbocycles. The fourth-order valence-electron chi connectivity index (χ4n) is 0.945. The summed E-state index contributed by atoms with van der Waals surface area (Å²) in [5.74, 6) is 4.93. The second-order valence-electron chi connectivity index (χ2n) is 2.53. The second-order valence-corrected chi connectivity index (χ2v) is 3.39. The molecule has 0 radical (unpaired) electrons. The van der Waals surface area contributed by atoms with Gasteiger partial charge < -0.3 is 0 Å². The van der Waals surface area contributed by atoms with Crippen LogP contribution in [0, 0.1) is 5.82 Å². The van der Waals surface area contributed by atoms with Crippen LogP contribution in [0.1, 0.15) is 18.5 Å². The molecule has 4 heteroatoms. The Morgan fingerprint density at radius 2 is 2.25 bits per heavy atom. The maximum Gasteiger partial charge on any atom is 0.142 e. The molecule has 12 heavy (non-hydrogen) atoms. The number of hydrogen-bond acceptors (Lipinski definition) is 2. The normalized spacial score (nSPS) is 13.0. The van der Waals surface area contributed by atoms with Crippen molar-refractivity contribution in [1.29, 1.82) is 0 Å². The van der Waals surface area contributed by atoms with Gasteiger partial charge in [-0.3, -0.25) is 11.3 Å². The van der Waals surface area contributed by atoms with Crippen molar-refractivity contribution in [3.8, 4) is 0 Å². The largest absolute Gasteiger partial charge is 0.271 e. The molecule has 0 aliphatic carbocycles. The molecule has 1 atom stereocenters. The van der Waals surface area contributed by atoms with Crippen LogP contribution in [0.3, 0.4) is 0 Å². The molecule has 0 heterocycles. The van der Waals surface area contributed by atoms with Crippen LogP contribution in [0.15, 0.2) is 22.7 Å². The monoisotopic (exact) mass is 232 g/mol. The van der Waals surface area contributed by atoms with Gasteiger partial charge in [0, 0.05) is 11.6 Å². The lowest BCUT2D eigenvalue weighted by molar-refractivity contribution is 0.538. The molecule has 0 aromatic heterocycles. The van der Waals surface area contributed by atoms with Crippen LogP contribution in [0.5, 0.6) is 0 Å². The van der Waals surface area contributed by atoms with Gasteiger partial charge in [0.25, 0.3) is 0 Å². The summed E-state index contributed by atoms with van der Waals surface area (Å²) in [6.07, 6.45) is 0. The molecule has 0 aliphatic heterocycles. The summed E-state index contributed by atoms with van der Waals surface area (Å²) in [5.41, 5.74) is 3.05. The third-order valence-electron chi connectivity index (χ3n) is 1.70. The fourth-order valence-corrected chi connectivity index (χ4v) is 1.33. The van der Waals surface area contributed by atoms with Crippen molar-refractivity contribution in [3.63, 3.8) is 0 Å². The summed E-state index contributed by atoms with van der Waals surface area (Å²) < 4.78 is 13.8. The van der Waals surface area contributed by atoms with Gasteiger partial charge in [-0.2, -0.15) is 0 Å². The van der Waals surface area contributed by atoms with Crippen LogP contribution in [0.4, 0.5) is 4.39 Å². The SMILES string of the molecule is CC(NN)c1cccc(Br)c1F. The molecule has 1 aromatic rings. The number of halogens is 2. The molecule has 3 N–H and O–H groups in total. The molecule has 0 bridgehead atoms. The van der Waals surface area contributed by atoms with E-state index in [0.29, 0.717) is 10.0 Å². The fraction of sp³-hybridized carbons (Fsp3) is 0.250. The van der Waals surface area contributed by atoms with Gasteiger partial charge in [0.1, 0.15) is 5.82 Å². The summed E-state index contributed by atoms with van der Waals surface area (Å²) in [5, 5.41) is 0. The Bertz CT molecular complexity index is 278. The van der Waals surface area contributed by atoms with E-state index in [4.69, 9.17) is 5.84 Å². The highest BCUT2D eigenvalue weighted by atomic mass is 79.9. The number of rotatable bonds is 2. The van der Waals surface area contributed by atoms with Gasteiger partial charge in [0.15, 0.2) is 0 Å². The number of nitrogens with one attached hydrogen (secondary N) is 1. The van der Waals surface area contributed by atoms with E-state index in [9.17, 15) is 4.39 Å². The third-order valence-corrected chi connectivity index (χ3v) is 2.31. The van der Waals surface area contributed by atoms with Crippen LogP contribution in [-0.4, -0.2) is 0 Å². The molecule has 0 fully saturated rings. The topological polar surface area (TPSA) is 38.0 Å². The summed E-state index contributed by atoms with van der Waals surface area (Å²) in [7, 11) is 0. The molecular formula is C8H10BrFN2. The predicted octanol–water partition coefficient (Wildman–Crippen LogP) is 2.11. The minimum Gasteiger partial charge on any atom is -0.271 e. The maximum absolute atomic E-state index is 13.3. The van der Waals surface area contributed by atoms with Gasteiger partial charge in [-0.05, 0) is 28.9 Å². The van der Waals surface area contributed by atoms with Crippen molar-refractivity contribution in [2.45, 2.75) is 13.0 Å². The lowest BCUT2D eigenvalue weighted by Gasteiger charge is -2.11. The Kier molecular flexibility index (Phi) is 3.20. The number of benzene rings is 1. The van der Waals surface area contributed by atoms with Crippen molar-refractivity contribution in [2.24, 2.45) is 5.84 Å². The maximum atomic E-state index is 13.3. The van der Waals surface area contributed by atoms with Crippen molar-refractivity contribution >= 4 is 15.9 Å². The minimum atomic E-state index is -0.261. The second kappa shape index (κ2) is 3.98. The predicted molar refractivity (Wildman–Crippen MR) is 49.8 cm³/mol. The zero-order valence-electron chi connectivity index (χ0n) is 6.64. The lowest BCUT2D eigenvalue weighted by atomic mass is 10.1. The van der Waals surface area contributed by atoms with Crippen molar-refractivity contribution < 1.29 is 4.39 Å². The van der Waals surface area contributed by atoms with Crippen LogP contribution >= 0.6 is 15.9 Å². The number of hydrazine groups is 1. The third kappa shape index (κ3) is 1.83. The first-order chi connectivity index (χ1) is 5.66. The average Bonchev–Trinajstić information content (AvgIpc) is 2.08. The Morgan fingerprint density at radius 1 is 1.58 bits per heavy atom. The van der Waals surface area contributed by atoms with E-state index < -0.39 is 0 Å². The molecule has 0 saturated heterocycles. The zero-order chi connectivity index (χ0) is 9.14. The van der Waals surface area contributed by atoms with Crippen LogP contribution < -0.4 is 11.3 Å². The van der Waals surface area contributed by atoms with Gasteiger partial charge in [-0.15, -0.1) is 0 Å². The van der Waals surface area contributed by atoms with E-state index in [-0.39, 0.29) is 11.9 Å². The standard InChI is InChI=1S/C8H10BrFN2/c1-5(12-11)6-3-2-4-7(9)8(6)10/h2-5,12H,11H2,1H3. The Balaban J connectivity index is 3.07. The van der Waals surface area contributed by atoms with Crippen LogP contribution in [0.25, 0.3) is 0 Å². The Hall–Kier alpha value is -0.450.